The molecule has 1 aliphatic carbocycles. The molecule has 0 saturated carbocycles. The summed E-state index contributed by atoms with van der Waals surface area (Å²) in [5.41, 5.74) is 8.78. The number of nitrogens with two attached hydrogens (primary N) is 1. The molecule has 1 amide bonds. The van der Waals surface area contributed by atoms with E-state index in [1.165, 1.54) is 0 Å². The van der Waals surface area contributed by atoms with Gasteiger partial charge in [-0.2, -0.15) is 4.98 Å². The molecule has 1 unspecified atom stereocenters. The molecule has 0 spiro atoms. The quantitative estimate of drug-likeness (QED) is 0.599. The average molecular weight is 478 g/mol. The highest BCUT2D eigenvalue weighted by Gasteiger charge is 2.32. The van der Waals surface area contributed by atoms with Crippen molar-refractivity contribution in [3.63, 3.8) is 0 Å². The number of fused-ring (bicyclic) bond motifs is 1. The number of allylic oxidation sites excluding steroid dienone is 5. The third-order valence-electron chi connectivity index (χ3n) is 5.66. The van der Waals surface area contributed by atoms with E-state index in [2.05, 4.69) is 25.1 Å². The number of hydrogen-bond acceptors (Lipinski definition) is 7. The summed E-state index contributed by atoms with van der Waals surface area (Å²) < 4.78 is 0. The van der Waals surface area contributed by atoms with Crippen molar-refractivity contribution in [3.8, 4) is 0 Å². The van der Waals surface area contributed by atoms with E-state index in [0.717, 1.165) is 30.2 Å². The molecule has 2 heterocycles. The number of amides is 1. The number of nitrogens with one attached hydrogen (secondary N) is 1. The lowest BCUT2D eigenvalue weighted by Gasteiger charge is -2.23. The number of benzene rings is 1. The molecule has 1 aromatic heterocycles. The van der Waals surface area contributed by atoms with Gasteiger partial charge in [0.25, 0.3) is 0 Å². The van der Waals surface area contributed by atoms with E-state index in [9.17, 15) is 4.79 Å². The lowest BCUT2D eigenvalue weighted by Crippen LogP contribution is -2.28. The molecule has 3 N–H and O–H groups in total. The van der Waals surface area contributed by atoms with Crippen LogP contribution in [-0.2, 0) is 4.79 Å². The second-order valence-corrected chi connectivity index (χ2v) is 8.82. The van der Waals surface area contributed by atoms with Crippen LogP contribution in [-0.4, -0.2) is 55.0 Å². The van der Waals surface area contributed by atoms with Crippen molar-refractivity contribution in [1.29, 1.82) is 0 Å². The smallest absolute Gasteiger partial charge is 0.247 e. The number of hydrogen-bond donors (Lipinski definition) is 2. The van der Waals surface area contributed by atoms with Crippen molar-refractivity contribution in [1.82, 2.24) is 14.9 Å². The molecule has 1 atom stereocenters. The fraction of sp³-hybridized carbons (Fsp3) is 0.240. The first-order valence-corrected chi connectivity index (χ1v) is 11.3. The molecule has 8 nitrogen and oxygen atoms in total. The van der Waals surface area contributed by atoms with Crippen molar-refractivity contribution in [2.45, 2.75) is 0 Å². The molecule has 0 bridgehead atoms. The van der Waals surface area contributed by atoms with Gasteiger partial charge >= 0.3 is 0 Å². The van der Waals surface area contributed by atoms with Crippen molar-refractivity contribution >= 4 is 40.6 Å². The maximum absolute atomic E-state index is 12.0. The molecule has 1 aliphatic heterocycles. The van der Waals surface area contributed by atoms with Gasteiger partial charge < -0.3 is 25.8 Å². The highest BCUT2D eigenvalue weighted by Crippen LogP contribution is 2.37. The number of nitrogens with zero attached hydrogens (tertiary/aromatic N) is 5. The number of aromatic nitrogens is 2. The Morgan fingerprint density at radius 2 is 2.00 bits per heavy atom. The summed E-state index contributed by atoms with van der Waals surface area (Å²) in [6, 6.07) is 7.58. The zero-order chi connectivity index (χ0) is 24.2. The molecule has 0 fully saturated rings. The number of halogens is 1. The van der Waals surface area contributed by atoms with E-state index in [0.29, 0.717) is 22.4 Å². The Labute approximate surface area is 204 Å². The van der Waals surface area contributed by atoms with E-state index in [1.54, 1.807) is 18.5 Å². The fourth-order valence-corrected chi connectivity index (χ4v) is 4.16. The van der Waals surface area contributed by atoms with Gasteiger partial charge in [-0.15, -0.1) is 0 Å². The summed E-state index contributed by atoms with van der Waals surface area (Å²) in [5.74, 6) is 0.372. The molecule has 176 valence electrons. The summed E-state index contributed by atoms with van der Waals surface area (Å²) in [7, 11) is 6.11. The molecular formula is C25H28ClN7O. The Bertz CT molecular complexity index is 1200. The molecule has 4 rings (SSSR count). The van der Waals surface area contributed by atoms with Crippen LogP contribution in [0.15, 0.2) is 78.3 Å². The lowest BCUT2D eigenvalue weighted by molar-refractivity contribution is -0.114. The second-order valence-electron chi connectivity index (χ2n) is 8.41. The number of rotatable bonds is 8. The van der Waals surface area contributed by atoms with Crippen LogP contribution in [0.4, 0.5) is 23.1 Å². The molecule has 2 aliphatic rings. The van der Waals surface area contributed by atoms with Gasteiger partial charge in [-0.05, 0) is 44.4 Å². The number of likely N-dealkylation sites (N-methyl/N-ethyl adjacent to an activating group) is 2. The van der Waals surface area contributed by atoms with Crippen LogP contribution < -0.4 is 20.9 Å². The minimum atomic E-state index is -0.456. The Morgan fingerprint density at radius 1 is 1.18 bits per heavy atom. The predicted octanol–water partition coefficient (Wildman–Crippen LogP) is 3.69. The number of primary amides is 1. The van der Waals surface area contributed by atoms with Gasteiger partial charge in [0.2, 0.25) is 11.9 Å². The minimum absolute atomic E-state index is 0.213. The Morgan fingerprint density at radius 3 is 2.74 bits per heavy atom. The average Bonchev–Trinajstić information content (AvgIpc) is 2.99. The highest BCUT2D eigenvalue weighted by atomic mass is 35.5. The molecule has 0 radical (unpaired) electrons. The Hall–Kier alpha value is -3.62. The number of anilines is 4. The van der Waals surface area contributed by atoms with E-state index in [4.69, 9.17) is 17.3 Å². The van der Waals surface area contributed by atoms with E-state index >= 15 is 0 Å². The van der Waals surface area contributed by atoms with Gasteiger partial charge in [-0.1, -0.05) is 35.9 Å². The minimum Gasteiger partial charge on any atom is -0.372 e. The molecule has 34 heavy (non-hydrogen) atoms. The molecule has 0 saturated heterocycles. The number of carbonyl (C=O) groups excluding carboxylic acids is 1. The zero-order valence-corrected chi connectivity index (χ0v) is 20.2. The van der Waals surface area contributed by atoms with Crippen molar-refractivity contribution in [2.75, 3.05) is 49.3 Å². The van der Waals surface area contributed by atoms with E-state index < -0.39 is 5.91 Å². The fourth-order valence-electron chi connectivity index (χ4n) is 3.84. The third kappa shape index (κ3) is 5.13. The van der Waals surface area contributed by atoms with Crippen LogP contribution in [0.2, 0.25) is 5.02 Å². The summed E-state index contributed by atoms with van der Waals surface area (Å²) in [6.45, 7) is 1.79. The number of carbonyl (C=O) groups is 1. The second kappa shape index (κ2) is 10.1. The Balaban J connectivity index is 1.55. The highest BCUT2D eigenvalue weighted by molar-refractivity contribution is 6.33. The summed E-state index contributed by atoms with van der Waals surface area (Å²) in [6.07, 6.45) is 13.1. The summed E-state index contributed by atoms with van der Waals surface area (Å²) >= 11 is 6.56. The van der Waals surface area contributed by atoms with Crippen LogP contribution in [0.25, 0.3) is 0 Å². The first-order chi connectivity index (χ1) is 16.3. The molecule has 9 heteroatoms. The molecular weight excluding hydrogens is 450 g/mol. The SMILES string of the molecule is CN(C)CCN(C)c1ccc(Nc2nccc(N3C=C(C(N)=O)C4C=CC=CC=C43)n2)cc1Cl. The van der Waals surface area contributed by atoms with Crippen LogP contribution >= 0.6 is 11.6 Å². The first kappa shape index (κ1) is 23.5. The lowest BCUT2D eigenvalue weighted by atomic mass is 9.98. The zero-order valence-electron chi connectivity index (χ0n) is 19.4. The third-order valence-corrected chi connectivity index (χ3v) is 5.97. The van der Waals surface area contributed by atoms with Crippen LogP contribution in [0.3, 0.4) is 0 Å². The van der Waals surface area contributed by atoms with Gasteiger partial charge in [-0.3, -0.25) is 4.79 Å². The van der Waals surface area contributed by atoms with Gasteiger partial charge in [0.05, 0.1) is 10.7 Å². The normalized spacial score (nSPS) is 16.7. The Kier molecular flexibility index (Phi) is 7.00. The van der Waals surface area contributed by atoms with Gasteiger partial charge in [0.1, 0.15) is 5.82 Å². The summed E-state index contributed by atoms with van der Waals surface area (Å²) in [4.78, 5) is 27.2. The summed E-state index contributed by atoms with van der Waals surface area (Å²) in [5, 5.41) is 3.86. The largest absolute Gasteiger partial charge is 0.372 e. The standard InChI is InChI=1S/C25H28ClN7O/c1-31(2)13-14-32(3)22-10-9-17(15-20(22)26)29-25-28-12-11-23(30-25)33-16-19(24(27)34)18-7-5-4-6-8-21(18)33/h4-12,15-16,18H,13-14H2,1-3H3,(H2,27,34)(H,28,29,30). The van der Waals surface area contributed by atoms with E-state index in [-0.39, 0.29) is 5.92 Å². The van der Waals surface area contributed by atoms with Gasteiger partial charge in [0, 0.05) is 55.4 Å². The topological polar surface area (TPSA) is 90.6 Å². The predicted molar refractivity (Wildman–Crippen MR) is 138 cm³/mol. The van der Waals surface area contributed by atoms with Crippen LogP contribution in [0, 0.1) is 5.92 Å². The first-order valence-electron chi connectivity index (χ1n) is 10.9. The maximum atomic E-state index is 12.0. The maximum Gasteiger partial charge on any atom is 0.247 e. The van der Waals surface area contributed by atoms with Crippen molar-refractivity contribution < 1.29 is 4.79 Å². The van der Waals surface area contributed by atoms with Gasteiger partial charge in [0.15, 0.2) is 0 Å². The van der Waals surface area contributed by atoms with Crippen LogP contribution in [0.1, 0.15) is 0 Å². The van der Waals surface area contributed by atoms with E-state index in [1.807, 2.05) is 74.6 Å². The van der Waals surface area contributed by atoms with Crippen molar-refractivity contribution in [3.05, 3.63) is 83.3 Å². The van der Waals surface area contributed by atoms with Gasteiger partial charge in [-0.25, -0.2) is 4.98 Å². The molecule has 2 aromatic rings. The monoisotopic (exact) mass is 477 g/mol. The van der Waals surface area contributed by atoms with Crippen LogP contribution in [0.5, 0.6) is 0 Å². The molecule has 1 aromatic carbocycles. The van der Waals surface area contributed by atoms with Crippen molar-refractivity contribution in [2.24, 2.45) is 11.7 Å².